The van der Waals surface area contributed by atoms with Gasteiger partial charge in [-0.2, -0.15) is 0 Å². The molecule has 3 aliphatic rings. The largest absolute Gasteiger partial charge is 0.497 e. The fourth-order valence-corrected chi connectivity index (χ4v) is 4.61. The molecule has 31 heavy (non-hydrogen) atoms. The van der Waals surface area contributed by atoms with Crippen LogP contribution in [-0.4, -0.2) is 72.1 Å². The first-order valence-corrected chi connectivity index (χ1v) is 10.8. The molecule has 1 aromatic heterocycles. The number of oxazole rings is 1. The standard InChI is InChI=1S/C23H27N3O5/c1-29-18-6-4-17(5-7-18)21-20(24-15-31-21)22(28)25-10-8-19(27)26(12-16-2-3-16)23(13-25)9-11-30-14-23/h4-7,15-16H,2-3,8-14H2,1H3. The zero-order valence-corrected chi connectivity index (χ0v) is 17.7. The third kappa shape index (κ3) is 3.80. The van der Waals surface area contributed by atoms with Crippen molar-refractivity contribution in [3.63, 3.8) is 0 Å². The minimum atomic E-state index is -0.449. The van der Waals surface area contributed by atoms with E-state index in [-0.39, 0.29) is 17.5 Å². The Hall–Kier alpha value is -2.87. The summed E-state index contributed by atoms with van der Waals surface area (Å²) in [6, 6.07) is 7.31. The predicted molar refractivity (Wildman–Crippen MR) is 112 cm³/mol. The van der Waals surface area contributed by atoms with Crippen LogP contribution in [0.15, 0.2) is 35.1 Å². The lowest BCUT2D eigenvalue weighted by Crippen LogP contribution is -2.57. The summed E-state index contributed by atoms with van der Waals surface area (Å²) < 4.78 is 16.5. The Bertz CT molecular complexity index is 960. The maximum absolute atomic E-state index is 13.5. The second-order valence-corrected chi connectivity index (χ2v) is 8.71. The zero-order valence-electron chi connectivity index (χ0n) is 17.7. The average molecular weight is 425 g/mol. The molecule has 2 amide bonds. The van der Waals surface area contributed by atoms with Gasteiger partial charge in [0.1, 0.15) is 5.75 Å². The van der Waals surface area contributed by atoms with Gasteiger partial charge in [-0.05, 0) is 49.4 Å². The number of nitrogens with zero attached hydrogens (tertiary/aromatic N) is 3. The number of carbonyl (C=O) groups is 2. The lowest BCUT2D eigenvalue weighted by atomic mass is 9.94. The van der Waals surface area contributed by atoms with Gasteiger partial charge in [0.2, 0.25) is 5.91 Å². The Morgan fingerprint density at radius 3 is 2.77 bits per heavy atom. The molecule has 1 saturated carbocycles. The van der Waals surface area contributed by atoms with Crippen molar-refractivity contribution in [3.05, 3.63) is 36.4 Å². The number of aromatic nitrogens is 1. The summed E-state index contributed by atoms with van der Waals surface area (Å²) in [5, 5.41) is 0. The Morgan fingerprint density at radius 1 is 1.29 bits per heavy atom. The maximum atomic E-state index is 13.5. The zero-order chi connectivity index (χ0) is 21.4. The van der Waals surface area contributed by atoms with Gasteiger partial charge in [0.05, 0.1) is 19.3 Å². The van der Waals surface area contributed by atoms with Crippen LogP contribution in [-0.2, 0) is 9.53 Å². The van der Waals surface area contributed by atoms with Gasteiger partial charge in [0.15, 0.2) is 17.8 Å². The first kappa shape index (κ1) is 20.1. The van der Waals surface area contributed by atoms with E-state index in [1.807, 2.05) is 29.2 Å². The molecule has 1 spiro atoms. The van der Waals surface area contributed by atoms with Crippen molar-refractivity contribution in [2.75, 3.05) is 40.0 Å². The van der Waals surface area contributed by atoms with Gasteiger partial charge in [-0.3, -0.25) is 9.59 Å². The lowest BCUT2D eigenvalue weighted by Gasteiger charge is -2.40. The van der Waals surface area contributed by atoms with Gasteiger partial charge >= 0.3 is 0 Å². The topological polar surface area (TPSA) is 85.1 Å². The fourth-order valence-electron chi connectivity index (χ4n) is 4.61. The van der Waals surface area contributed by atoms with Crippen LogP contribution >= 0.6 is 0 Å². The molecule has 0 N–H and O–H groups in total. The van der Waals surface area contributed by atoms with Crippen LogP contribution in [0.5, 0.6) is 5.75 Å². The molecule has 2 aliphatic heterocycles. The van der Waals surface area contributed by atoms with E-state index in [4.69, 9.17) is 13.9 Å². The molecule has 1 aliphatic carbocycles. The molecule has 2 saturated heterocycles. The normalized spacial score (nSPS) is 24.0. The predicted octanol–water partition coefficient (Wildman–Crippen LogP) is 2.59. The molecular weight excluding hydrogens is 398 g/mol. The van der Waals surface area contributed by atoms with E-state index in [9.17, 15) is 9.59 Å². The van der Waals surface area contributed by atoms with Gasteiger partial charge in [-0.15, -0.1) is 0 Å². The van der Waals surface area contributed by atoms with E-state index in [0.29, 0.717) is 44.4 Å². The van der Waals surface area contributed by atoms with Crippen LogP contribution < -0.4 is 4.74 Å². The van der Waals surface area contributed by atoms with Crippen molar-refractivity contribution in [2.45, 2.75) is 31.2 Å². The number of methoxy groups -OCH3 is 1. The van der Waals surface area contributed by atoms with Crippen LogP contribution in [0, 0.1) is 5.92 Å². The highest BCUT2D eigenvalue weighted by Gasteiger charge is 2.48. The Balaban J connectivity index is 1.42. The molecule has 8 heteroatoms. The van der Waals surface area contributed by atoms with Crippen LogP contribution in [0.4, 0.5) is 0 Å². The van der Waals surface area contributed by atoms with Gasteiger partial charge < -0.3 is 23.7 Å². The maximum Gasteiger partial charge on any atom is 0.276 e. The second-order valence-electron chi connectivity index (χ2n) is 8.71. The fraction of sp³-hybridized carbons (Fsp3) is 0.522. The minimum Gasteiger partial charge on any atom is -0.497 e. The average Bonchev–Trinajstić information content (AvgIpc) is 3.31. The monoisotopic (exact) mass is 425 g/mol. The molecular formula is C23H27N3O5. The molecule has 3 fully saturated rings. The molecule has 1 aromatic carbocycles. The quantitative estimate of drug-likeness (QED) is 0.732. The lowest BCUT2D eigenvalue weighted by molar-refractivity contribution is -0.136. The van der Waals surface area contributed by atoms with Crippen molar-refractivity contribution in [1.29, 1.82) is 0 Å². The SMILES string of the molecule is COc1ccc(-c2ocnc2C(=O)N2CCC(=O)N(CC3CC3)C3(CCOC3)C2)cc1. The highest BCUT2D eigenvalue weighted by molar-refractivity contribution is 5.98. The van der Waals surface area contributed by atoms with E-state index >= 15 is 0 Å². The van der Waals surface area contributed by atoms with E-state index in [0.717, 1.165) is 24.3 Å². The number of benzene rings is 1. The second kappa shape index (κ2) is 8.00. The van der Waals surface area contributed by atoms with E-state index < -0.39 is 5.54 Å². The third-order valence-corrected chi connectivity index (χ3v) is 6.58. The van der Waals surface area contributed by atoms with Gasteiger partial charge in [0.25, 0.3) is 5.91 Å². The van der Waals surface area contributed by atoms with Crippen LogP contribution in [0.2, 0.25) is 0 Å². The Morgan fingerprint density at radius 2 is 2.10 bits per heavy atom. The molecule has 164 valence electrons. The van der Waals surface area contributed by atoms with Crippen molar-refractivity contribution in [3.8, 4) is 17.1 Å². The highest BCUT2D eigenvalue weighted by Crippen LogP contribution is 2.37. The molecule has 2 aromatic rings. The number of hydrogen-bond acceptors (Lipinski definition) is 6. The third-order valence-electron chi connectivity index (χ3n) is 6.58. The summed E-state index contributed by atoms with van der Waals surface area (Å²) in [5.74, 6) is 1.63. The summed E-state index contributed by atoms with van der Waals surface area (Å²) >= 11 is 0. The molecule has 5 rings (SSSR count). The van der Waals surface area contributed by atoms with Crippen molar-refractivity contribution >= 4 is 11.8 Å². The van der Waals surface area contributed by atoms with Gasteiger partial charge in [-0.25, -0.2) is 4.98 Å². The number of rotatable bonds is 5. The molecule has 0 bridgehead atoms. The van der Waals surface area contributed by atoms with Crippen LogP contribution in [0.1, 0.15) is 36.2 Å². The number of ether oxygens (including phenoxy) is 2. The molecule has 8 nitrogen and oxygen atoms in total. The number of hydrogen-bond donors (Lipinski definition) is 0. The summed E-state index contributed by atoms with van der Waals surface area (Å²) in [6.45, 7) is 2.68. The summed E-state index contributed by atoms with van der Waals surface area (Å²) in [4.78, 5) is 34.6. The summed E-state index contributed by atoms with van der Waals surface area (Å²) in [7, 11) is 1.61. The number of carbonyl (C=O) groups excluding carboxylic acids is 2. The number of amides is 2. The van der Waals surface area contributed by atoms with Crippen LogP contribution in [0.3, 0.4) is 0 Å². The minimum absolute atomic E-state index is 0.114. The Kier molecular flexibility index (Phi) is 5.17. The van der Waals surface area contributed by atoms with Crippen LogP contribution in [0.25, 0.3) is 11.3 Å². The van der Waals surface area contributed by atoms with Crippen molar-refractivity contribution in [1.82, 2.24) is 14.8 Å². The first-order valence-electron chi connectivity index (χ1n) is 10.8. The van der Waals surface area contributed by atoms with E-state index in [2.05, 4.69) is 4.98 Å². The van der Waals surface area contributed by atoms with E-state index in [1.54, 1.807) is 12.0 Å². The summed E-state index contributed by atoms with van der Waals surface area (Å²) in [5.41, 5.74) is 0.569. The molecule has 1 unspecified atom stereocenters. The summed E-state index contributed by atoms with van der Waals surface area (Å²) in [6.07, 6.45) is 4.71. The van der Waals surface area contributed by atoms with E-state index in [1.165, 1.54) is 19.2 Å². The van der Waals surface area contributed by atoms with Crippen molar-refractivity contribution < 1.29 is 23.5 Å². The van der Waals surface area contributed by atoms with Gasteiger partial charge in [0, 0.05) is 38.2 Å². The smallest absolute Gasteiger partial charge is 0.276 e. The molecule has 1 atom stereocenters. The van der Waals surface area contributed by atoms with Crippen molar-refractivity contribution in [2.24, 2.45) is 5.92 Å². The Labute approximate surface area is 181 Å². The van der Waals surface area contributed by atoms with Gasteiger partial charge in [-0.1, -0.05) is 0 Å². The molecule has 3 heterocycles. The highest BCUT2D eigenvalue weighted by atomic mass is 16.5. The molecule has 0 radical (unpaired) electrons. The first-order chi connectivity index (χ1) is 15.1.